The number of hydrogen-bond donors (Lipinski definition) is 0. The van der Waals surface area contributed by atoms with Crippen molar-refractivity contribution < 1.29 is 23.6 Å². The van der Waals surface area contributed by atoms with E-state index in [0.717, 1.165) is 11.7 Å². The van der Waals surface area contributed by atoms with Gasteiger partial charge in [-0.15, -0.1) is 0 Å². The second-order valence-electron chi connectivity index (χ2n) is 6.05. The lowest BCUT2D eigenvalue weighted by Crippen LogP contribution is -2.41. The molecule has 0 aliphatic carbocycles. The van der Waals surface area contributed by atoms with Crippen molar-refractivity contribution in [1.29, 1.82) is 0 Å². The molecule has 0 radical (unpaired) electrons. The van der Waals surface area contributed by atoms with Crippen LogP contribution in [-0.4, -0.2) is 38.5 Å². The van der Waals surface area contributed by atoms with Crippen LogP contribution >= 0.6 is 0 Å². The van der Waals surface area contributed by atoms with Gasteiger partial charge in [0.1, 0.15) is 5.75 Å². The minimum absolute atomic E-state index is 0.0939. The molecule has 6 heteroatoms. The maximum absolute atomic E-state index is 11.2. The van der Waals surface area contributed by atoms with E-state index >= 15 is 0 Å². The fourth-order valence-corrected chi connectivity index (χ4v) is 2.04. The van der Waals surface area contributed by atoms with Gasteiger partial charge in [-0.25, -0.2) is 0 Å². The van der Waals surface area contributed by atoms with Gasteiger partial charge in [-0.05, 0) is 45.3 Å². The molecule has 0 atom stereocenters. The molecule has 1 aliphatic heterocycles. The molecule has 2 rings (SSSR count). The number of methoxy groups -OCH3 is 1. The highest BCUT2D eigenvalue weighted by molar-refractivity contribution is 6.62. The van der Waals surface area contributed by atoms with Crippen molar-refractivity contribution in [1.82, 2.24) is 0 Å². The summed E-state index contributed by atoms with van der Waals surface area (Å²) in [4.78, 5) is 11.2. The zero-order chi connectivity index (χ0) is 15.7. The Kier molecular flexibility index (Phi) is 4.42. The quantitative estimate of drug-likeness (QED) is 0.470. The number of hydrogen-bond acceptors (Lipinski definition) is 5. The average molecular weight is 292 g/mol. The monoisotopic (exact) mass is 292 g/mol. The summed E-state index contributed by atoms with van der Waals surface area (Å²) in [6.45, 7) is 8.05. The molecular formula is C15H21BO5. The van der Waals surface area contributed by atoms with E-state index in [1.807, 2.05) is 33.8 Å². The molecule has 0 unspecified atom stereocenters. The Hall–Kier alpha value is -1.37. The van der Waals surface area contributed by atoms with Crippen LogP contribution in [-0.2, 0) is 14.0 Å². The van der Waals surface area contributed by atoms with Crippen molar-refractivity contribution in [2.45, 2.75) is 38.9 Å². The molecule has 1 aromatic rings. The van der Waals surface area contributed by atoms with Gasteiger partial charge in [0, 0.05) is 7.11 Å². The predicted molar refractivity (Wildman–Crippen MR) is 80.0 cm³/mol. The van der Waals surface area contributed by atoms with Crippen LogP contribution in [0.15, 0.2) is 18.2 Å². The van der Waals surface area contributed by atoms with E-state index in [1.54, 1.807) is 12.1 Å². The third kappa shape index (κ3) is 3.12. The lowest BCUT2D eigenvalue weighted by atomic mass is 9.78. The van der Waals surface area contributed by atoms with Crippen molar-refractivity contribution in [3.8, 4) is 5.75 Å². The van der Waals surface area contributed by atoms with E-state index in [2.05, 4.69) is 0 Å². The summed E-state index contributed by atoms with van der Waals surface area (Å²) in [5.41, 5.74) is 0.411. The molecule has 0 bridgehead atoms. The van der Waals surface area contributed by atoms with Crippen LogP contribution in [0.2, 0.25) is 0 Å². The molecule has 21 heavy (non-hydrogen) atoms. The molecule has 0 amide bonds. The highest BCUT2D eigenvalue weighted by Gasteiger charge is 2.51. The van der Waals surface area contributed by atoms with Crippen LogP contribution in [0.25, 0.3) is 0 Å². The third-order valence-corrected chi connectivity index (χ3v) is 4.02. The van der Waals surface area contributed by atoms with Gasteiger partial charge in [-0.3, -0.25) is 4.79 Å². The maximum Gasteiger partial charge on any atom is 0.494 e. The minimum Gasteiger partial charge on any atom is -0.467 e. The van der Waals surface area contributed by atoms with Crippen molar-refractivity contribution in [3.05, 3.63) is 23.8 Å². The van der Waals surface area contributed by atoms with E-state index < -0.39 is 18.3 Å². The largest absolute Gasteiger partial charge is 0.494 e. The fourth-order valence-electron chi connectivity index (χ4n) is 2.04. The van der Waals surface area contributed by atoms with E-state index in [0.29, 0.717) is 11.3 Å². The van der Waals surface area contributed by atoms with E-state index in [4.69, 9.17) is 18.8 Å². The topological polar surface area (TPSA) is 54.0 Å². The number of ether oxygens (including phenoxy) is 2. The lowest BCUT2D eigenvalue weighted by Gasteiger charge is -2.32. The molecule has 0 aromatic heterocycles. The van der Waals surface area contributed by atoms with Gasteiger partial charge < -0.3 is 18.8 Å². The first kappa shape index (κ1) is 16.0. The summed E-state index contributed by atoms with van der Waals surface area (Å²) in [6.07, 6.45) is 0.750. The molecule has 0 N–H and O–H groups in total. The standard InChI is InChI=1S/C15H21BO5/c1-14(2)15(3,4)21-16(20-14)12-6-7-13(19-10-18-5)11(8-12)9-17/h6-9H,10H2,1-5H3. The third-order valence-electron chi connectivity index (χ3n) is 4.02. The Morgan fingerprint density at radius 1 is 1.19 bits per heavy atom. The van der Waals surface area contributed by atoms with Gasteiger partial charge in [0.05, 0.1) is 16.8 Å². The van der Waals surface area contributed by atoms with Crippen LogP contribution in [0.1, 0.15) is 38.1 Å². The molecule has 1 aliphatic rings. The first-order valence-electron chi connectivity index (χ1n) is 6.87. The number of carbonyl (C=O) groups is 1. The highest BCUT2D eigenvalue weighted by atomic mass is 16.7. The molecule has 5 nitrogen and oxygen atoms in total. The Morgan fingerprint density at radius 3 is 2.33 bits per heavy atom. The van der Waals surface area contributed by atoms with Gasteiger partial charge in [-0.1, -0.05) is 6.07 Å². The Morgan fingerprint density at radius 2 is 1.81 bits per heavy atom. The minimum atomic E-state index is -0.495. The van der Waals surface area contributed by atoms with Crippen LogP contribution in [0.4, 0.5) is 0 Å². The van der Waals surface area contributed by atoms with Gasteiger partial charge in [0.25, 0.3) is 0 Å². The first-order chi connectivity index (χ1) is 9.80. The van der Waals surface area contributed by atoms with Gasteiger partial charge in [0.2, 0.25) is 0 Å². The van der Waals surface area contributed by atoms with Crippen LogP contribution in [0.3, 0.4) is 0 Å². The van der Waals surface area contributed by atoms with Crippen LogP contribution in [0, 0.1) is 0 Å². The zero-order valence-electron chi connectivity index (χ0n) is 13.1. The summed E-state index contributed by atoms with van der Waals surface area (Å²) < 4.78 is 22.1. The molecule has 1 aromatic carbocycles. The number of rotatable bonds is 5. The Bertz CT molecular complexity index is 511. The van der Waals surface area contributed by atoms with E-state index in [9.17, 15) is 4.79 Å². The molecule has 0 spiro atoms. The average Bonchev–Trinajstić information content (AvgIpc) is 2.65. The van der Waals surface area contributed by atoms with Crippen molar-refractivity contribution >= 4 is 18.9 Å². The Balaban J connectivity index is 2.24. The summed E-state index contributed by atoms with van der Waals surface area (Å²) >= 11 is 0. The smallest absolute Gasteiger partial charge is 0.467 e. The molecular weight excluding hydrogens is 271 g/mol. The number of carbonyl (C=O) groups excluding carboxylic acids is 1. The van der Waals surface area contributed by atoms with Crippen molar-refractivity contribution in [2.24, 2.45) is 0 Å². The molecule has 1 fully saturated rings. The molecule has 114 valence electrons. The predicted octanol–water partition coefficient (Wildman–Crippen LogP) is 1.78. The van der Waals surface area contributed by atoms with E-state index in [-0.39, 0.29) is 6.79 Å². The number of benzene rings is 1. The number of aldehydes is 1. The maximum atomic E-state index is 11.2. The summed E-state index contributed by atoms with van der Waals surface area (Å²) in [5, 5.41) is 0. The van der Waals surface area contributed by atoms with E-state index in [1.165, 1.54) is 7.11 Å². The first-order valence-corrected chi connectivity index (χ1v) is 6.87. The van der Waals surface area contributed by atoms with Crippen LogP contribution in [0.5, 0.6) is 5.75 Å². The highest BCUT2D eigenvalue weighted by Crippen LogP contribution is 2.36. The summed E-state index contributed by atoms with van der Waals surface area (Å²) in [6, 6.07) is 5.28. The van der Waals surface area contributed by atoms with Crippen molar-refractivity contribution in [2.75, 3.05) is 13.9 Å². The second kappa shape index (κ2) is 5.79. The second-order valence-corrected chi connectivity index (χ2v) is 6.05. The lowest BCUT2D eigenvalue weighted by molar-refractivity contribution is 0.00578. The normalized spacial score (nSPS) is 19.6. The fraction of sp³-hybridized carbons (Fsp3) is 0.533. The molecule has 0 saturated carbocycles. The van der Waals surface area contributed by atoms with Crippen LogP contribution < -0.4 is 10.2 Å². The van der Waals surface area contributed by atoms with Crippen molar-refractivity contribution in [3.63, 3.8) is 0 Å². The van der Waals surface area contributed by atoms with Gasteiger partial charge >= 0.3 is 7.12 Å². The molecule has 1 heterocycles. The van der Waals surface area contributed by atoms with Gasteiger partial charge in [-0.2, -0.15) is 0 Å². The SMILES string of the molecule is COCOc1ccc(B2OC(C)(C)C(C)(C)O2)cc1C=O. The molecule has 1 saturated heterocycles. The Labute approximate surface area is 125 Å². The summed E-state index contributed by atoms with van der Waals surface area (Å²) in [5.74, 6) is 0.479. The zero-order valence-corrected chi connectivity index (χ0v) is 13.1. The summed E-state index contributed by atoms with van der Waals surface area (Å²) in [7, 11) is 1.03. The van der Waals surface area contributed by atoms with Gasteiger partial charge in [0.15, 0.2) is 13.1 Å².